The SMILES string of the molecule is Cc1cc(N(C)CCc2ccncc2)ccc1CCN. The molecular weight excluding hydrogens is 246 g/mol. The predicted octanol–water partition coefficient (Wildman–Crippen LogP) is 2.57. The minimum Gasteiger partial charge on any atom is -0.374 e. The summed E-state index contributed by atoms with van der Waals surface area (Å²) in [5.41, 5.74) is 10.9. The fraction of sp³-hybridized carbons (Fsp3) is 0.353. The standard InChI is InChI=1S/C17H23N3/c1-14-13-17(4-3-16(14)5-9-18)20(2)12-8-15-6-10-19-11-7-15/h3-4,6-7,10-11,13H,5,8-9,12,18H2,1-2H3. The van der Waals surface area contributed by atoms with Crippen LogP contribution in [0.3, 0.4) is 0 Å². The molecule has 0 atom stereocenters. The highest BCUT2D eigenvalue weighted by Crippen LogP contribution is 2.19. The van der Waals surface area contributed by atoms with Crippen LogP contribution in [0.25, 0.3) is 0 Å². The van der Waals surface area contributed by atoms with E-state index in [9.17, 15) is 0 Å². The summed E-state index contributed by atoms with van der Waals surface area (Å²) in [6.07, 6.45) is 5.68. The molecule has 0 bridgehead atoms. The molecule has 2 N–H and O–H groups in total. The molecule has 20 heavy (non-hydrogen) atoms. The number of rotatable bonds is 6. The molecule has 106 valence electrons. The zero-order valence-corrected chi connectivity index (χ0v) is 12.3. The van der Waals surface area contributed by atoms with Crippen LogP contribution in [0.2, 0.25) is 0 Å². The summed E-state index contributed by atoms with van der Waals surface area (Å²) in [6.45, 7) is 3.86. The number of likely N-dealkylation sites (N-methyl/N-ethyl adjacent to an activating group) is 1. The van der Waals surface area contributed by atoms with Gasteiger partial charge in [-0.05, 0) is 67.3 Å². The van der Waals surface area contributed by atoms with Gasteiger partial charge in [0, 0.05) is 31.7 Å². The lowest BCUT2D eigenvalue weighted by Gasteiger charge is -2.20. The molecule has 0 radical (unpaired) electrons. The molecule has 3 heteroatoms. The highest BCUT2D eigenvalue weighted by atomic mass is 15.1. The Kier molecular flexibility index (Phi) is 5.13. The van der Waals surface area contributed by atoms with E-state index in [1.165, 1.54) is 22.4 Å². The average molecular weight is 269 g/mol. The molecule has 3 nitrogen and oxygen atoms in total. The second kappa shape index (κ2) is 7.06. The van der Waals surface area contributed by atoms with Crippen molar-refractivity contribution in [1.29, 1.82) is 0 Å². The van der Waals surface area contributed by atoms with Gasteiger partial charge in [-0.1, -0.05) is 6.07 Å². The van der Waals surface area contributed by atoms with E-state index in [1.807, 2.05) is 12.4 Å². The minimum absolute atomic E-state index is 0.706. The van der Waals surface area contributed by atoms with Gasteiger partial charge in [0.2, 0.25) is 0 Å². The number of nitrogens with zero attached hydrogens (tertiary/aromatic N) is 2. The molecule has 1 aromatic carbocycles. The van der Waals surface area contributed by atoms with E-state index in [-0.39, 0.29) is 0 Å². The summed E-state index contributed by atoms with van der Waals surface area (Å²) >= 11 is 0. The van der Waals surface area contributed by atoms with Crippen LogP contribution in [0.15, 0.2) is 42.7 Å². The largest absolute Gasteiger partial charge is 0.374 e. The summed E-state index contributed by atoms with van der Waals surface area (Å²) in [5, 5.41) is 0. The zero-order chi connectivity index (χ0) is 14.4. The molecule has 1 heterocycles. The molecular formula is C17H23N3. The first kappa shape index (κ1) is 14.5. The van der Waals surface area contributed by atoms with Gasteiger partial charge in [-0.3, -0.25) is 4.98 Å². The molecule has 0 spiro atoms. The second-order valence-electron chi connectivity index (χ2n) is 5.18. The Morgan fingerprint density at radius 3 is 2.50 bits per heavy atom. The lowest BCUT2D eigenvalue weighted by molar-refractivity contribution is 0.872. The van der Waals surface area contributed by atoms with E-state index in [0.29, 0.717) is 6.54 Å². The first-order valence-corrected chi connectivity index (χ1v) is 7.10. The number of anilines is 1. The van der Waals surface area contributed by atoms with Crippen molar-refractivity contribution in [3.05, 3.63) is 59.4 Å². The normalized spacial score (nSPS) is 10.6. The Morgan fingerprint density at radius 1 is 1.10 bits per heavy atom. The Labute approximate surface area is 121 Å². The van der Waals surface area contributed by atoms with Gasteiger partial charge in [-0.25, -0.2) is 0 Å². The van der Waals surface area contributed by atoms with Crippen molar-refractivity contribution in [2.24, 2.45) is 5.73 Å². The molecule has 0 aliphatic carbocycles. The van der Waals surface area contributed by atoms with Crippen molar-refractivity contribution in [3.8, 4) is 0 Å². The van der Waals surface area contributed by atoms with Crippen LogP contribution in [0.5, 0.6) is 0 Å². The number of pyridine rings is 1. The second-order valence-corrected chi connectivity index (χ2v) is 5.18. The van der Waals surface area contributed by atoms with Crippen molar-refractivity contribution in [3.63, 3.8) is 0 Å². The molecule has 0 fully saturated rings. The highest BCUT2D eigenvalue weighted by molar-refractivity contribution is 5.50. The third-order valence-corrected chi connectivity index (χ3v) is 3.67. The summed E-state index contributed by atoms with van der Waals surface area (Å²) in [4.78, 5) is 6.34. The van der Waals surface area contributed by atoms with Crippen LogP contribution in [-0.4, -0.2) is 25.1 Å². The number of hydrogen-bond donors (Lipinski definition) is 1. The maximum Gasteiger partial charge on any atom is 0.0366 e. The molecule has 0 saturated heterocycles. The molecule has 0 amide bonds. The number of benzene rings is 1. The van der Waals surface area contributed by atoms with Crippen LogP contribution in [0.4, 0.5) is 5.69 Å². The first-order chi connectivity index (χ1) is 9.70. The summed E-state index contributed by atoms with van der Waals surface area (Å²) in [6, 6.07) is 10.8. The van der Waals surface area contributed by atoms with E-state index in [0.717, 1.165) is 19.4 Å². The molecule has 0 saturated carbocycles. The minimum atomic E-state index is 0.706. The maximum atomic E-state index is 5.62. The third-order valence-electron chi connectivity index (χ3n) is 3.67. The van der Waals surface area contributed by atoms with Crippen molar-refractivity contribution < 1.29 is 0 Å². The number of aryl methyl sites for hydroxylation is 1. The van der Waals surface area contributed by atoms with E-state index in [1.54, 1.807) is 0 Å². The van der Waals surface area contributed by atoms with Crippen LogP contribution >= 0.6 is 0 Å². The summed E-state index contributed by atoms with van der Waals surface area (Å²) < 4.78 is 0. The van der Waals surface area contributed by atoms with Crippen molar-refractivity contribution in [2.45, 2.75) is 19.8 Å². The topological polar surface area (TPSA) is 42.2 Å². The van der Waals surface area contributed by atoms with Crippen LogP contribution in [-0.2, 0) is 12.8 Å². The van der Waals surface area contributed by atoms with Gasteiger partial charge < -0.3 is 10.6 Å². The molecule has 2 rings (SSSR count). The van der Waals surface area contributed by atoms with Crippen LogP contribution in [0, 0.1) is 6.92 Å². The van der Waals surface area contributed by atoms with E-state index < -0.39 is 0 Å². The van der Waals surface area contributed by atoms with Crippen molar-refractivity contribution >= 4 is 5.69 Å². The van der Waals surface area contributed by atoms with E-state index in [4.69, 9.17) is 5.73 Å². The lowest BCUT2D eigenvalue weighted by Crippen LogP contribution is -2.20. The molecule has 0 aliphatic heterocycles. The Hall–Kier alpha value is -1.87. The van der Waals surface area contributed by atoms with Gasteiger partial charge in [0.15, 0.2) is 0 Å². The Bertz CT molecular complexity index is 537. The fourth-order valence-corrected chi connectivity index (χ4v) is 2.33. The van der Waals surface area contributed by atoms with Gasteiger partial charge in [0.1, 0.15) is 0 Å². The smallest absolute Gasteiger partial charge is 0.0366 e. The van der Waals surface area contributed by atoms with E-state index in [2.05, 4.69) is 54.2 Å². The zero-order valence-electron chi connectivity index (χ0n) is 12.3. The first-order valence-electron chi connectivity index (χ1n) is 7.10. The monoisotopic (exact) mass is 269 g/mol. The third kappa shape index (κ3) is 3.81. The molecule has 1 aromatic heterocycles. The lowest BCUT2D eigenvalue weighted by atomic mass is 10.0. The van der Waals surface area contributed by atoms with Crippen LogP contribution < -0.4 is 10.6 Å². The van der Waals surface area contributed by atoms with Gasteiger partial charge in [-0.15, -0.1) is 0 Å². The molecule has 0 unspecified atom stereocenters. The van der Waals surface area contributed by atoms with Gasteiger partial charge in [0.25, 0.3) is 0 Å². The average Bonchev–Trinajstić information content (AvgIpc) is 2.48. The Balaban J connectivity index is 1.98. The van der Waals surface area contributed by atoms with E-state index >= 15 is 0 Å². The highest BCUT2D eigenvalue weighted by Gasteiger charge is 2.04. The van der Waals surface area contributed by atoms with Crippen LogP contribution in [0.1, 0.15) is 16.7 Å². The number of hydrogen-bond acceptors (Lipinski definition) is 3. The molecule has 0 aliphatic rings. The summed E-state index contributed by atoms with van der Waals surface area (Å²) in [5.74, 6) is 0. The van der Waals surface area contributed by atoms with Crippen molar-refractivity contribution in [1.82, 2.24) is 4.98 Å². The van der Waals surface area contributed by atoms with Crippen molar-refractivity contribution in [2.75, 3.05) is 25.0 Å². The van der Waals surface area contributed by atoms with Gasteiger partial charge in [0.05, 0.1) is 0 Å². The Morgan fingerprint density at radius 2 is 1.85 bits per heavy atom. The number of aromatic nitrogens is 1. The number of nitrogens with two attached hydrogens (primary N) is 1. The fourth-order valence-electron chi connectivity index (χ4n) is 2.33. The quantitative estimate of drug-likeness (QED) is 0.876. The predicted molar refractivity (Wildman–Crippen MR) is 85.1 cm³/mol. The summed E-state index contributed by atoms with van der Waals surface area (Å²) in [7, 11) is 2.14. The van der Waals surface area contributed by atoms with Gasteiger partial charge in [-0.2, -0.15) is 0 Å². The molecule has 2 aromatic rings. The maximum absolute atomic E-state index is 5.62. The van der Waals surface area contributed by atoms with Gasteiger partial charge >= 0.3 is 0 Å².